The molecule has 0 bridgehead atoms. The molecule has 0 atom stereocenters. The van der Waals surface area contributed by atoms with Crippen LogP contribution < -0.4 is 9.47 Å². The van der Waals surface area contributed by atoms with Gasteiger partial charge in [0.15, 0.2) is 0 Å². The van der Waals surface area contributed by atoms with Gasteiger partial charge in [-0.25, -0.2) is 16.8 Å². The Balaban J connectivity index is 1.54. The van der Waals surface area contributed by atoms with Crippen molar-refractivity contribution in [3.63, 3.8) is 0 Å². The SMILES string of the molecule is COc1ccc(S(=O)(=O)c2ccc(Oc3ccc(S(=O)(=O)c4ccc(C)cc4)cc3)cc2)cc1S(=O)(=O)O. The Kier molecular flexibility index (Phi) is 7.35. The highest BCUT2D eigenvalue weighted by atomic mass is 32.2. The fourth-order valence-electron chi connectivity index (χ4n) is 3.53. The lowest BCUT2D eigenvalue weighted by molar-refractivity contribution is 0.397. The predicted octanol–water partition coefficient (Wildman–Crippen LogP) is 4.71. The van der Waals surface area contributed by atoms with Crippen LogP contribution in [0.5, 0.6) is 17.2 Å². The molecule has 0 aliphatic carbocycles. The first-order valence-electron chi connectivity index (χ1n) is 10.9. The van der Waals surface area contributed by atoms with Crippen LogP contribution in [-0.2, 0) is 29.8 Å². The number of methoxy groups -OCH3 is 1. The summed E-state index contributed by atoms with van der Waals surface area (Å²) >= 11 is 0. The first-order valence-corrected chi connectivity index (χ1v) is 15.3. The molecule has 0 aliphatic rings. The van der Waals surface area contributed by atoms with E-state index < -0.39 is 34.7 Å². The van der Waals surface area contributed by atoms with Crippen LogP contribution in [0.4, 0.5) is 0 Å². The Hall–Kier alpha value is -3.71. The number of ether oxygens (including phenoxy) is 2. The van der Waals surface area contributed by atoms with Gasteiger partial charge in [0, 0.05) is 0 Å². The highest BCUT2D eigenvalue weighted by molar-refractivity contribution is 7.92. The highest BCUT2D eigenvalue weighted by Crippen LogP contribution is 2.31. The summed E-state index contributed by atoms with van der Waals surface area (Å²) in [6.45, 7) is 1.86. The molecule has 1 N–H and O–H groups in total. The summed E-state index contributed by atoms with van der Waals surface area (Å²) in [5.74, 6) is 0.413. The van der Waals surface area contributed by atoms with Crippen LogP contribution >= 0.6 is 0 Å². The molecular formula is C26H22O9S3. The van der Waals surface area contributed by atoms with Gasteiger partial charge in [-0.2, -0.15) is 8.42 Å². The Morgan fingerprint density at radius 2 is 0.974 bits per heavy atom. The number of aryl methyl sites for hydroxylation is 1. The molecule has 4 rings (SSSR count). The van der Waals surface area contributed by atoms with Gasteiger partial charge in [0.2, 0.25) is 19.7 Å². The molecule has 4 aromatic rings. The van der Waals surface area contributed by atoms with Gasteiger partial charge in [-0.1, -0.05) is 17.7 Å². The van der Waals surface area contributed by atoms with Crippen molar-refractivity contribution in [3.05, 3.63) is 96.6 Å². The molecule has 0 spiro atoms. The smallest absolute Gasteiger partial charge is 0.298 e. The quantitative estimate of drug-likeness (QED) is 0.296. The lowest BCUT2D eigenvalue weighted by atomic mass is 10.2. The van der Waals surface area contributed by atoms with Gasteiger partial charge in [-0.3, -0.25) is 4.55 Å². The van der Waals surface area contributed by atoms with E-state index in [0.29, 0.717) is 5.75 Å². The monoisotopic (exact) mass is 574 g/mol. The number of benzene rings is 4. The summed E-state index contributed by atoms with van der Waals surface area (Å²) in [5, 5.41) is 0. The number of rotatable bonds is 8. The summed E-state index contributed by atoms with van der Waals surface area (Å²) in [4.78, 5) is -0.900. The zero-order valence-corrected chi connectivity index (χ0v) is 22.5. The number of hydrogen-bond acceptors (Lipinski definition) is 8. The Morgan fingerprint density at radius 3 is 1.39 bits per heavy atom. The zero-order chi connectivity index (χ0) is 27.7. The normalized spacial score (nSPS) is 12.2. The van der Waals surface area contributed by atoms with Crippen molar-refractivity contribution < 1.29 is 39.3 Å². The third-order valence-corrected chi connectivity index (χ3v) is 9.99. The lowest BCUT2D eigenvalue weighted by Crippen LogP contribution is -2.06. The predicted molar refractivity (Wildman–Crippen MR) is 138 cm³/mol. The molecule has 198 valence electrons. The molecule has 9 nitrogen and oxygen atoms in total. The van der Waals surface area contributed by atoms with Crippen LogP contribution in [0.25, 0.3) is 0 Å². The van der Waals surface area contributed by atoms with Crippen LogP contribution in [0.1, 0.15) is 5.56 Å². The van der Waals surface area contributed by atoms with E-state index in [0.717, 1.165) is 17.7 Å². The first kappa shape index (κ1) is 27.3. The maximum absolute atomic E-state index is 13.0. The lowest BCUT2D eigenvalue weighted by Gasteiger charge is -2.11. The van der Waals surface area contributed by atoms with Crippen molar-refractivity contribution in [3.8, 4) is 17.2 Å². The van der Waals surface area contributed by atoms with Gasteiger partial charge in [0.25, 0.3) is 10.1 Å². The van der Waals surface area contributed by atoms with Crippen LogP contribution in [-0.4, -0.2) is 36.9 Å². The second kappa shape index (κ2) is 10.2. The molecule has 38 heavy (non-hydrogen) atoms. The average Bonchev–Trinajstić information content (AvgIpc) is 2.88. The first-order chi connectivity index (χ1) is 17.8. The van der Waals surface area contributed by atoms with Crippen molar-refractivity contribution in [2.75, 3.05) is 7.11 Å². The Bertz CT molecular complexity index is 1790. The van der Waals surface area contributed by atoms with Crippen LogP contribution in [0.15, 0.2) is 115 Å². The fraction of sp³-hybridized carbons (Fsp3) is 0.0769. The van der Waals surface area contributed by atoms with Gasteiger partial charge in [-0.15, -0.1) is 0 Å². The summed E-state index contributed by atoms with van der Waals surface area (Å²) in [5.41, 5.74) is 0.943. The van der Waals surface area contributed by atoms with E-state index in [1.807, 2.05) is 6.92 Å². The minimum absolute atomic E-state index is 0.0962. The van der Waals surface area contributed by atoms with Gasteiger partial charge < -0.3 is 9.47 Å². The van der Waals surface area contributed by atoms with Crippen LogP contribution in [0.3, 0.4) is 0 Å². The van der Waals surface area contributed by atoms with Crippen LogP contribution in [0, 0.1) is 6.92 Å². The van der Waals surface area contributed by atoms with Crippen molar-refractivity contribution in [1.82, 2.24) is 0 Å². The second-order valence-corrected chi connectivity index (χ2v) is 13.4. The van der Waals surface area contributed by atoms with E-state index in [4.69, 9.17) is 9.47 Å². The highest BCUT2D eigenvalue weighted by Gasteiger charge is 2.24. The third-order valence-electron chi connectivity index (χ3n) is 5.56. The minimum Gasteiger partial charge on any atom is -0.495 e. The molecule has 4 aromatic carbocycles. The van der Waals surface area contributed by atoms with Crippen LogP contribution in [0.2, 0.25) is 0 Å². The molecule has 0 aromatic heterocycles. The molecule has 0 saturated heterocycles. The van der Waals surface area contributed by atoms with Crippen molar-refractivity contribution >= 4 is 29.8 Å². The number of hydrogen-bond donors (Lipinski definition) is 1. The molecule has 0 unspecified atom stereocenters. The van der Waals surface area contributed by atoms with Gasteiger partial charge in [0.05, 0.1) is 26.7 Å². The third kappa shape index (κ3) is 5.58. The largest absolute Gasteiger partial charge is 0.495 e. The standard InChI is InChI=1S/C26H22O9S3/c1-18-3-9-21(10-4-18)36(27,28)22-11-5-19(6-12-22)35-20-7-13-23(14-8-20)37(29,30)24-15-16-25(34-2)26(17-24)38(31,32)33/h3-17H,1-2H3,(H,31,32,33). The summed E-state index contributed by atoms with van der Waals surface area (Å²) in [6.07, 6.45) is 0. The Morgan fingerprint density at radius 1 is 0.579 bits per heavy atom. The molecule has 0 heterocycles. The average molecular weight is 575 g/mol. The Labute approximate surface area is 220 Å². The van der Waals surface area contributed by atoms with E-state index in [1.165, 1.54) is 61.7 Å². The zero-order valence-electron chi connectivity index (χ0n) is 20.1. The van der Waals surface area contributed by atoms with E-state index in [-0.39, 0.29) is 31.1 Å². The van der Waals surface area contributed by atoms with Gasteiger partial charge in [0.1, 0.15) is 22.1 Å². The molecule has 0 amide bonds. The molecule has 0 saturated carbocycles. The fourth-order valence-corrected chi connectivity index (χ4v) is 6.83. The molecule has 0 aliphatic heterocycles. The van der Waals surface area contributed by atoms with Crippen molar-refractivity contribution in [2.24, 2.45) is 0 Å². The van der Waals surface area contributed by atoms with E-state index >= 15 is 0 Å². The molecule has 0 radical (unpaired) electrons. The topological polar surface area (TPSA) is 141 Å². The van der Waals surface area contributed by atoms with E-state index in [9.17, 15) is 29.8 Å². The molecular weight excluding hydrogens is 552 g/mol. The second-order valence-electron chi connectivity index (χ2n) is 8.15. The maximum atomic E-state index is 13.0. The van der Waals surface area contributed by atoms with Crippen molar-refractivity contribution in [2.45, 2.75) is 31.4 Å². The molecule has 0 fully saturated rings. The van der Waals surface area contributed by atoms with E-state index in [2.05, 4.69) is 0 Å². The van der Waals surface area contributed by atoms with Gasteiger partial charge in [-0.05, 0) is 85.8 Å². The summed E-state index contributed by atoms with van der Waals surface area (Å²) < 4.78 is 95.0. The van der Waals surface area contributed by atoms with E-state index in [1.54, 1.807) is 24.3 Å². The summed E-state index contributed by atoms with van der Waals surface area (Å²) in [7, 11) is -11.4. The van der Waals surface area contributed by atoms with Gasteiger partial charge >= 0.3 is 0 Å². The summed E-state index contributed by atoms with van der Waals surface area (Å²) in [6, 6.07) is 20.8. The number of sulfone groups is 2. The maximum Gasteiger partial charge on any atom is 0.298 e. The molecule has 12 heteroatoms. The van der Waals surface area contributed by atoms with Crippen molar-refractivity contribution in [1.29, 1.82) is 0 Å². The minimum atomic E-state index is -4.73.